The van der Waals surface area contributed by atoms with Crippen molar-refractivity contribution < 1.29 is 9.57 Å². The summed E-state index contributed by atoms with van der Waals surface area (Å²) in [6.45, 7) is 2.38. The van der Waals surface area contributed by atoms with Crippen LogP contribution in [-0.2, 0) is 11.4 Å². The lowest BCUT2D eigenvalue weighted by molar-refractivity contribution is 0.130. The molecule has 0 aliphatic heterocycles. The van der Waals surface area contributed by atoms with Crippen LogP contribution in [0, 0.1) is 6.92 Å². The molecule has 0 fully saturated rings. The molecule has 0 atom stereocenters. The minimum absolute atomic E-state index is 0.215. The first-order chi connectivity index (χ1) is 12.2. The predicted octanol–water partition coefficient (Wildman–Crippen LogP) is 4.02. The SMILES string of the molecule is Cc1cccc(CO/N=C(/N)c2cccnc2Oc2ccccc2)c1. The van der Waals surface area contributed by atoms with Gasteiger partial charge in [0, 0.05) is 6.20 Å². The first-order valence-corrected chi connectivity index (χ1v) is 7.91. The summed E-state index contributed by atoms with van der Waals surface area (Å²) >= 11 is 0. The van der Waals surface area contributed by atoms with Crippen LogP contribution in [0.25, 0.3) is 0 Å². The van der Waals surface area contributed by atoms with E-state index in [1.54, 1.807) is 18.3 Å². The highest BCUT2D eigenvalue weighted by Crippen LogP contribution is 2.22. The number of ether oxygens (including phenoxy) is 1. The van der Waals surface area contributed by atoms with Crippen molar-refractivity contribution in [3.05, 3.63) is 89.6 Å². The second kappa shape index (κ2) is 7.97. The van der Waals surface area contributed by atoms with Crippen LogP contribution in [0.1, 0.15) is 16.7 Å². The average molecular weight is 333 g/mol. The van der Waals surface area contributed by atoms with Gasteiger partial charge in [-0.1, -0.05) is 53.2 Å². The van der Waals surface area contributed by atoms with E-state index in [9.17, 15) is 0 Å². The maximum Gasteiger partial charge on any atom is 0.230 e. The third kappa shape index (κ3) is 4.57. The number of oxime groups is 1. The minimum Gasteiger partial charge on any atom is -0.438 e. The van der Waals surface area contributed by atoms with E-state index in [-0.39, 0.29) is 5.84 Å². The number of nitrogens with two attached hydrogens (primary N) is 1. The van der Waals surface area contributed by atoms with Crippen LogP contribution in [0.2, 0.25) is 0 Å². The third-order valence-corrected chi connectivity index (χ3v) is 3.48. The number of amidine groups is 1. The van der Waals surface area contributed by atoms with Crippen molar-refractivity contribution >= 4 is 5.84 Å². The quantitative estimate of drug-likeness (QED) is 0.420. The van der Waals surface area contributed by atoms with E-state index in [4.69, 9.17) is 15.3 Å². The summed E-state index contributed by atoms with van der Waals surface area (Å²) < 4.78 is 5.78. The molecule has 0 aliphatic rings. The van der Waals surface area contributed by atoms with Crippen LogP contribution in [0.3, 0.4) is 0 Å². The Labute approximate surface area is 146 Å². The van der Waals surface area contributed by atoms with Crippen molar-refractivity contribution in [3.8, 4) is 11.6 Å². The topological polar surface area (TPSA) is 69.7 Å². The van der Waals surface area contributed by atoms with Gasteiger partial charge in [0.15, 0.2) is 5.84 Å². The summed E-state index contributed by atoms with van der Waals surface area (Å²) in [7, 11) is 0. The summed E-state index contributed by atoms with van der Waals surface area (Å²) in [4.78, 5) is 9.61. The van der Waals surface area contributed by atoms with Gasteiger partial charge < -0.3 is 15.3 Å². The van der Waals surface area contributed by atoms with Crippen LogP contribution >= 0.6 is 0 Å². The predicted molar refractivity (Wildman–Crippen MR) is 97.4 cm³/mol. The zero-order valence-electron chi connectivity index (χ0n) is 13.9. The van der Waals surface area contributed by atoms with Gasteiger partial charge in [-0.05, 0) is 36.8 Å². The second-order valence-corrected chi connectivity index (χ2v) is 5.51. The molecule has 25 heavy (non-hydrogen) atoms. The molecule has 0 amide bonds. The highest BCUT2D eigenvalue weighted by atomic mass is 16.6. The number of aromatic nitrogens is 1. The van der Waals surface area contributed by atoms with Crippen LogP contribution in [0.5, 0.6) is 11.6 Å². The van der Waals surface area contributed by atoms with Gasteiger partial charge >= 0.3 is 0 Å². The Morgan fingerprint density at radius 2 is 1.88 bits per heavy atom. The van der Waals surface area contributed by atoms with Crippen molar-refractivity contribution in [1.29, 1.82) is 0 Å². The summed E-state index contributed by atoms with van der Waals surface area (Å²) in [5.41, 5.74) is 8.83. The van der Waals surface area contributed by atoms with E-state index in [2.05, 4.69) is 10.1 Å². The number of nitrogens with zero attached hydrogens (tertiary/aromatic N) is 2. The van der Waals surface area contributed by atoms with Crippen molar-refractivity contribution in [2.45, 2.75) is 13.5 Å². The Bertz CT molecular complexity index is 864. The fourth-order valence-electron chi connectivity index (χ4n) is 2.29. The van der Waals surface area contributed by atoms with E-state index >= 15 is 0 Å². The smallest absolute Gasteiger partial charge is 0.230 e. The molecule has 3 aromatic rings. The first-order valence-electron chi connectivity index (χ1n) is 7.91. The zero-order valence-corrected chi connectivity index (χ0v) is 13.9. The molecule has 0 bridgehead atoms. The second-order valence-electron chi connectivity index (χ2n) is 5.51. The maximum absolute atomic E-state index is 6.05. The molecule has 0 saturated heterocycles. The van der Waals surface area contributed by atoms with Crippen molar-refractivity contribution in [2.75, 3.05) is 0 Å². The lowest BCUT2D eigenvalue weighted by atomic mass is 10.1. The number of rotatable bonds is 6. The summed E-state index contributed by atoms with van der Waals surface area (Å²) in [5, 5.41) is 4.00. The molecule has 0 spiro atoms. The van der Waals surface area contributed by atoms with E-state index < -0.39 is 0 Å². The van der Waals surface area contributed by atoms with Gasteiger partial charge in [-0.2, -0.15) is 0 Å². The number of hydrogen-bond acceptors (Lipinski definition) is 4. The van der Waals surface area contributed by atoms with Crippen LogP contribution in [-0.4, -0.2) is 10.8 Å². The molecule has 1 aromatic heterocycles. The Hall–Kier alpha value is -3.34. The monoisotopic (exact) mass is 333 g/mol. The van der Waals surface area contributed by atoms with Gasteiger partial charge in [0.2, 0.25) is 5.88 Å². The zero-order chi connectivity index (χ0) is 17.5. The minimum atomic E-state index is 0.215. The molecule has 5 nitrogen and oxygen atoms in total. The summed E-state index contributed by atoms with van der Waals surface area (Å²) in [5.74, 6) is 1.27. The van der Waals surface area contributed by atoms with E-state index in [0.29, 0.717) is 23.8 Å². The number of benzene rings is 2. The number of hydrogen-bond donors (Lipinski definition) is 1. The van der Waals surface area contributed by atoms with E-state index in [1.165, 1.54) is 5.56 Å². The van der Waals surface area contributed by atoms with E-state index in [1.807, 2.05) is 61.5 Å². The number of aryl methyl sites for hydroxylation is 1. The van der Waals surface area contributed by atoms with Crippen molar-refractivity contribution in [3.63, 3.8) is 0 Å². The van der Waals surface area contributed by atoms with Gasteiger partial charge in [-0.15, -0.1) is 0 Å². The fourth-order valence-corrected chi connectivity index (χ4v) is 2.29. The Morgan fingerprint density at radius 1 is 1.04 bits per heavy atom. The first kappa shape index (κ1) is 16.5. The van der Waals surface area contributed by atoms with Gasteiger partial charge in [0.05, 0.1) is 5.56 Å². The van der Waals surface area contributed by atoms with Gasteiger partial charge in [-0.3, -0.25) is 0 Å². The Morgan fingerprint density at radius 3 is 2.68 bits per heavy atom. The lowest BCUT2D eigenvalue weighted by Gasteiger charge is -2.09. The maximum atomic E-state index is 6.05. The molecule has 0 saturated carbocycles. The third-order valence-electron chi connectivity index (χ3n) is 3.48. The molecule has 0 aliphatic carbocycles. The highest BCUT2D eigenvalue weighted by molar-refractivity contribution is 5.99. The Balaban J connectivity index is 1.72. The van der Waals surface area contributed by atoms with Gasteiger partial charge in [-0.25, -0.2) is 4.98 Å². The molecule has 0 unspecified atom stereocenters. The van der Waals surface area contributed by atoms with Gasteiger partial charge in [0.1, 0.15) is 12.4 Å². The summed E-state index contributed by atoms with van der Waals surface area (Å²) in [6, 6.07) is 21.0. The van der Waals surface area contributed by atoms with Crippen molar-refractivity contribution in [2.24, 2.45) is 10.9 Å². The molecular formula is C20H19N3O2. The van der Waals surface area contributed by atoms with E-state index in [0.717, 1.165) is 5.56 Å². The average Bonchev–Trinajstić information content (AvgIpc) is 2.63. The van der Waals surface area contributed by atoms with Crippen molar-refractivity contribution in [1.82, 2.24) is 4.98 Å². The number of pyridine rings is 1. The van der Waals surface area contributed by atoms with Gasteiger partial charge in [0.25, 0.3) is 0 Å². The molecular weight excluding hydrogens is 314 g/mol. The van der Waals surface area contributed by atoms with Crippen LogP contribution < -0.4 is 10.5 Å². The molecule has 5 heteroatoms. The highest BCUT2D eigenvalue weighted by Gasteiger charge is 2.10. The molecule has 0 radical (unpaired) electrons. The standard InChI is InChI=1S/C20H19N3O2/c1-15-7-5-8-16(13-15)14-24-23-19(21)18-11-6-12-22-20(18)25-17-9-3-2-4-10-17/h2-13H,14H2,1H3,(H2,21,23). The lowest BCUT2D eigenvalue weighted by Crippen LogP contribution is -2.15. The molecule has 2 N–H and O–H groups in total. The van der Waals surface area contributed by atoms with Crippen LogP contribution in [0.15, 0.2) is 78.1 Å². The molecule has 2 aromatic carbocycles. The normalized spacial score (nSPS) is 11.2. The largest absolute Gasteiger partial charge is 0.438 e. The Kier molecular flexibility index (Phi) is 5.26. The number of para-hydroxylation sites is 1. The molecule has 126 valence electrons. The molecule has 1 heterocycles. The fraction of sp³-hybridized carbons (Fsp3) is 0.100. The molecule has 3 rings (SSSR count). The summed E-state index contributed by atoms with van der Waals surface area (Å²) in [6.07, 6.45) is 1.64. The van der Waals surface area contributed by atoms with Crippen LogP contribution in [0.4, 0.5) is 0 Å².